The molecule has 1 unspecified atom stereocenters. The quantitative estimate of drug-likeness (QED) is 0.541. The van der Waals surface area contributed by atoms with Crippen LogP contribution < -0.4 is 10.6 Å². The average Bonchev–Trinajstić information content (AvgIpc) is 3.11. The zero-order valence-corrected chi connectivity index (χ0v) is 16.6. The summed E-state index contributed by atoms with van der Waals surface area (Å²) in [6, 6.07) is 6.35. The highest BCUT2D eigenvalue weighted by atomic mass is 32.1. The van der Waals surface area contributed by atoms with Crippen molar-refractivity contribution in [2.45, 2.75) is 39.3 Å². The zero-order chi connectivity index (χ0) is 18.9. The Labute approximate surface area is 158 Å². The van der Waals surface area contributed by atoms with Gasteiger partial charge in [0, 0.05) is 25.6 Å². The number of halogens is 1. The Morgan fingerprint density at radius 3 is 2.58 bits per heavy atom. The van der Waals surface area contributed by atoms with Gasteiger partial charge >= 0.3 is 0 Å². The highest BCUT2D eigenvalue weighted by Gasteiger charge is 2.12. The van der Waals surface area contributed by atoms with Gasteiger partial charge in [-0.2, -0.15) is 0 Å². The van der Waals surface area contributed by atoms with Crippen molar-refractivity contribution in [1.82, 2.24) is 15.6 Å². The van der Waals surface area contributed by atoms with Crippen LogP contribution in [0.15, 0.2) is 34.6 Å². The lowest BCUT2D eigenvalue weighted by Crippen LogP contribution is -2.39. The summed E-state index contributed by atoms with van der Waals surface area (Å²) >= 11 is 1.63. The van der Waals surface area contributed by atoms with E-state index in [0.717, 1.165) is 22.8 Å². The summed E-state index contributed by atoms with van der Waals surface area (Å²) in [6.07, 6.45) is -0.188. The second-order valence-corrected chi connectivity index (χ2v) is 7.12. The summed E-state index contributed by atoms with van der Waals surface area (Å²) in [5.41, 5.74) is 2.02. The van der Waals surface area contributed by atoms with E-state index in [2.05, 4.69) is 39.8 Å². The predicted molar refractivity (Wildman–Crippen MR) is 105 cm³/mol. The van der Waals surface area contributed by atoms with Crippen molar-refractivity contribution < 1.29 is 9.13 Å². The third-order valence-electron chi connectivity index (χ3n) is 3.86. The smallest absolute Gasteiger partial charge is 0.191 e. The fraction of sp³-hybridized carbons (Fsp3) is 0.474. The number of nitrogens with zero attached hydrogens (tertiary/aromatic N) is 2. The molecule has 1 aromatic carbocycles. The van der Waals surface area contributed by atoms with Crippen molar-refractivity contribution in [1.29, 1.82) is 0 Å². The Kier molecular flexibility index (Phi) is 8.00. The summed E-state index contributed by atoms with van der Waals surface area (Å²) in [4.78, 5) is 9.20. The summed E-state index contributed by atoms with van der Waals surface area (Å²) < 4.78 is 18.6. The van der Waals surface area contributed by atoms with Gasteiger partial charge in [0.1, 0.15) is 10.8 Å². The fourth-order valence-corrected chi connectivity index (χ4v) is 3.23. The van der Waals surface area contributed by atoms with Gasteiger partial charge in [-0.15, -0.1) is 11.3 Å². The number of rotatable bonds is 8. The van der Waals surface area contributed by atoms with Gasteiger partial charge in [0.25, 0.3) is 0 Å². The third-order valence-corrected chi connectivity index (χ3v) is 4.71. The molecular formula is C19H27FN4OS. The number of hydrogen-bond donors (Lipinski definition) is 2. The lowest BCUT2D eigenvalue weighted by molar-refractivity contribution is 0.106. The number of methoxy groups -OCH3 is 1. The van der Waals surface area contributed by atoms with E-state index < -0.39 is 0 Å². The molecule has 2 aromatic rings. The molecule has 0 bridgehead atoms. The molecule has 0 fully saturated rings. The van der Waals surface area contributed by atoms with Crippen LogP contribution in [0, 0.1) is 5.82 Å². The van der Waals surface area contributed by atoms with E-state index in [9.17, 15) is 4.39 Å². The lowest BCUT2D eigenvalue weighted by Gasteiger charge is -2.18. The molecule has 1 atom stereocenters. The van der Waals surface area contributed by atoms with Crippen molar-refractivity contribution in [2.24, 2.45) is 4.99 Å². The summed E-state index contributed by atoms with van der Waals surface area (Å²) in [5, 5.41) is 9.59. The summed E-state index contributed by atoms with van der Waals surface area (Å²) in [5.74, 6) is 0.877. The van der Waals surface area contributed by atoms with Crippen LogP contribution in [0.3, 0.4) is 0 Å². The molecule has 0 aliphatic heterocycles. The van der Waals surface area contributed by atoms with Crippen molar-refractivity contribution >= 4 is 17.3 Å². The molecule has 0 saturated carbocycles. The molecule has 1 heterocycles. The molecule has 0 amide bonds. The summed E-state index contributed by atoms with van der Waals surface area (Å²) in [7, 11) is 1.64. The SMILES string of the molecule is CCNC(=NCc1nc(C(C)C)cs1)NCC(OC)c1ccc(F)cc1. The minimum absolute atomic E-state index is 0.188. The maximum atomic E-state index is 13.1. The Morgan fingerprint density at radius 1 is 1.27 bits per heavy atom. The van der Waals surface area contributed by atoms with E-state index in [1.54, 1.807) is 30.6 Å². The molecule has 0 spiro atoms. The van der Waals surface area contributed by atoms with Crippen LogP contribution in [0.4, 0.5) is 4.39 Å². The molecule has 5 nitrogen and oxygen atoms in total. The first-order valence-electron chi connectivity index (χ1n) is 8.78. The van der Waals surface area contributed by atoms with Crippen LogP contribution in [0.5, 0.6) is 0 Å². The largest absolute Gasteiger partial charge is 0.375 e. The molecule has 0 aliphatic carbocycles. The highest BCUT2D eigenvalue weighted by molar-refractivity contribution is 7.09. The van der Waals surface area contributed by atoms with Crippen LogP contribution in [0.25, 0.3) is 0 Å². The number of aliphatic imine (C=N–C) groups is 1. The van der Waals surface area contributed by atoms with Crippen molar-refractivity contribution in [2.75, 3.05) is 20.2 Å². The Balaban J connectivity index is 1.98. The number of guanidine groups is 1. The Hall–Kier alpha value is -1.99. The van der Waals surface area contributed by atoms with Gasteiger partial charge in [0.15, 0.2) is 5.96 Å². The first-order valence-corrected chi connectivity index (χ1v) is 9.66. The van der Waals surface area contributed by atoms with Crippen LogP contribution in [-0.2, 0) is 11.3 Å². The number of aromatic nitrogens is 1. The molecule has 7 heteroatoms. The lowest BCUT2D eigenvalue weighted by atomic mass is 10.1. The molecule has 1 aromatic heterocycles. The highest BCUT2D eigenvalue weighted by Crippen LogP contribution is 2.18. The van der Waals surface area contributed by atoms with E-state index in [1.807, 2.05) is 6.92 Å². The normalized spacial score (nSPS) is 13.1. The van der Waals surface area contributed by atoms with Gasteiger partial charge in [-0.1, -0.05) is 26.0 Å². The first-order chi connectivity index (χ1) is 12.5. The van der Waals surface area contributed by atoms with E-state index in [0.29, 0.717) is 25.0 Å². The monoisotopic (exact) mass is 378 g/mol. The van der Waals surface area contributed by atoms with Crippen molar-refractivity contribution in [3.63, 3.8) is 0 Å². The van der Waals surface area contributed by atoms with Gasteiger partial charge in [0.05, 0.1) is 18.3 Å². The minimum Gasteiger partial charge on any atom is -0.375 e. The van der Waals surface area contributed by atoms with Crippen LogP contribution in [0.1, 0.15) is 49.1 Å². The van der Waals surface area contributed by atoms with Crippen molar-refractivity contribution in [3.05, 3.63) is 51.7 Å². The topological polar surface area (TPSA) is 58.5 Å². The average molecular weight is 379 g/mol. The van der Waals surface area contributed by atoms with Crippen LogP contribution in [0.2, 0.25) is 0 Å². The van der Waals surface area contributed by atoms with Crippen molar-refractivity contribution in [3.8, 4) is 0 Å². The standard InChI is InChI=1S/C19H27FN4OS/c1-5-21-19(23-11-18-24-16(12-26-18)13(2)3)22-10-17(25-4)14-6-8-15(20)9-7-14/h6-9,12-13,17H,5,10-11H2,1-4H3,(H2,21,22,23). The maximum Gasteiger partial charge on any atom is 0.191 e. The molecule has 0 aliphatic rings. The van der Waals surface area contributed by atoms with Gasteiger partial charge in [-0.25, -0.2) is 14.4 Å². The van der Waals surface area contributed by atoms with Gasteiger partial charge in [-0.05, 0) is 30.5 Å². The van der Waals surface area contributed by atoms with E-state index in [-0.39, 0.29) is 11.9 Å². The molecule has 26 heavy (non-hydrogen) atoms. The summed E-state index contributed by atoms with van der Waals surface area (Å²) in [6.45, 7) is 8.10. The Morgan fingerprint density at radius 2 is 2.00 bits per heavy atom. The number of thiazole rings is 1. The van der Waals surface area contributed by atoms with E-state index in [4.69, 9.17) is 4.74 Å². The number of hydrogen-bond acceptors (Lipinski definition) is 4. The second kappa shape index (κ2) is 10.2. The van der Waals surface area contributed by atoms with E-state index in [1.165, 1.54) is 12.1 Å². The van der Waals surface area contributed by atoms with Gasteiger partial charge in [-0.3, -0.25) is 0 Å². The van der Waals surface area contributed by atoms with Gasteiger partial charge < -0.3 is 15.4 Å². The maximum absolute atomic E-state index is 13.1. The molecule has 0 saturated heterocycles. The molecule has 0 radical (unpaired) electrons. The number of benzene rings is 1. The molecule has 142 valence electrons. The first kappa shape index (κ1) is 20.3. The van der Waals surface area contributed by atoms with Gasteiger partial charge in [0.2, 0.25) is 0 Å². The van der Waals surface area contributed by atoms with Crippen LogP contribution in [-0.4, -0.2) is 31.1 Å². The molecular weight excluding hydrogens is 351 g/mol. The minimum atomic E-state index is -0.254. The zero-order valence-electron chi connectivity index (χ0n) is 15.8. The Bertz CT molecular complexity index is 700. The predicted octanol–water partition coefficient (Wildman–Crippen LogP) is 3.85. The number of nitrogens with one attached hydrogen (secondary N) is 2. The van der Waals surface area contributed by atoms with Crippen LogP contribution >= 0.6 is 11.3 Å². The fourth-order valence-electron chi connectivity index (χ4n) is 2.36. The molecule has 2 N–H and O–H groups in total. The number of ether oxygens (including phenoxy) is 1. The van der Waals surface area contributed by atoms with E-state index >= 15 is 0 Å². The molecule has 2 rings (SSSR count). The third kappa shape index (κ3) is 6.07. The second-order valence-electron chi connectivity index (χ2n) is 6.17.